The van der Waals surface area contributed by atoms with Gasteiger partial charge in [0, 0.05) is 18.5 Å². The van der Waals surface area contributed by atoms with Gasteiger partial charge in [-0.1, -0.05) is 29.8 Å². The Balaban J connectivity index is 1.60. The molecule has 2 aromatic heterocycles. The molecule has 4 rings (SSSR count). The van der Waals surface area contributed by atoms with Crippen molar-refractivity contribution in [1.29, 1.82) is 0 Å². The molecule has 156 valence electrons. The molecule has 1 amide bonds. The van der Waals surface area contributed by atoms with Gasteiger partial charge in [0.2, 0.25) is 0 Å². The van der Waals surface area contributed by atoms with Gasteiger partial charge in [-0.25, -0.2) is 13.4 Å². The molecule has 0 fully saturated rings. The third kappa shape index (κ3) is 4.06. The van der Waals surface area contributed by atoms with Crippen LogP contribution in [0.25, 0.3) is 0 Å². The maximum absolute atomic E-state index is 13.1. The van der Waals surface area contributed by atoms with Crippen LogP contribution in [0.2, 0.25) is 5.02 Å². The molecule has 0 spiro atoms. The number of benzene rings is 1. The van der Waals surface area contributed by atoms with E-state index in [1.54, 1.807) is 35.7 Å². The summed E-state index contributed by atoms with van der Waals surface area (Å²) in [5.74, 6) is 0.142. The smallest absolute Gasteiger partial charge is 0.258 e. The Morgan fingerprint density at radius 1 is 1.27 bits per heavy atom. The number of thiophene rings is 1. The number of carbonyl (C=O) groups is 1. The van der Waals surface area contributed by atoms with Gasteiger partial charge in [-0.05, 0) is 41.3 Å². The minimum Gasteiger partial charge on any atom is -0.467 e. The molecule has 1 atom stereocenters. The summed E-state index contributed by atoms with van der Waals surface area (Å²) in [7, 11) is -2.36. The molecule has 0 radical (unpaired) electrons. The minimum atomic E-state index is -3.74. The first kappa shape index (κ1) is 20.8. The number of amides is 1. The molecule has 0 aliphatic carbocycles. The molecule has 30 heavy (non-hydrogen) atoms. The number of likely N-dealkylation sites (N-methyl/N-ethyl adjacent to an activating group) is 1. The summed E-state index contributed by atoms with van der Waals surface area (Å²) < 4.78 is 32.1. The molecule has 0 saturated heterocycles. The molecule has 0 N–H and O–H groups in total. The number of hydrogen-bond donors (Lipinski definition) is 0. The van der Waals surface area contributed by atoms with Crippen LogP contribution in [0.15, 0.2) is 73.9 Å². The predicted octanol–water partition coefficient (Wildman–Crippen LogP) is 3.99. The van der Waals surface area contributed by atoms with Crippen LogP contribution >= 0.6 is 22.9 Å². The Hall–Kier alpha value is -2.46. The maximum atomic E-state index is 13.1. The topological polar surface area (TPSA) is 83.2 Å². The number of halogens is 1. The van der Waals surface area contributed by atoms with Crippen molar-refractivity contribution in [2.75, 3.05) is 13.6 Å². The summed E-state index contributed by atoms with van der Waals surface area (Å²) in [5.41, 5.74) is 1.54. The fourth-order valence-electron chi connectivity index (χ4n) is 3.17. The first-order valence-corrected chi connectivity index (χ1v) is 11.7. The molecular formula is C20H18ClN3O4S2. The number of sulfonamides is 1. The first-order chi connectivity index (χ1) is 14.4. The van der Waals surface area contributed by atoms with Gasteiger partial charge in [-0.2, -0.15) is 9.41 Å². The van der Waals surface area contributed by atoms with E-state index in [9.17, 15) is 13.2 Å². The number of rotatable bonds is 6. The predicted molar refractivity (Wildman–Crippen MR) is 115 cm³/mol. The maximum Gasteiger partial charge on any atom is 0.258 e. The van der Waals surface area contributed by atoms with Gasteiger partial charge in [-0.3, -0.25) is 4.79 Å². The lowest BCUT2D eigenvalue weighted by Gasteiger charge is -2.22. The SMILES string of the molecule is CN(CC(=O)N1N=C(c2ccc(Cl)cc2)C[C@@H]1c1ccco1)S(=O)(=O)c1cccs1. The quantitative estimate of drug-likeness (QED) is 0.553. The monoisotopic (exact) mass is 463 g/mol. The zero-order valence-corrected chi connectivity index (χ0v) is 18.3. The van der Waals surface area contributed by atoms with Crippen LogP contribution in [0.3, 0.4) is 0 Å². The molecule has 1 aliphatic rings. The summed E-state index contributed by atoms with van der Waals surface area (Å²) in [6.07, 6.45) is 1.98. The molecule has 1 aliphatic heterocycles. The summed E-state index contributed by atoms with van der Waals surface area (Å²) in [6.45, 7) is -0.338. The number of carbonyl (C=O) groups excluding carboxylic acids is 1. The van der Waals surface area contributed by atoms with Crippen LogP contribution < -0.4 is 0 Å². The first-order valence-electron chi connectivity index (χ1n) is 9.05. The normalized spacial score (nSPS) is 16.8. The molecule has 3 heterocycles. The van der Waals surface area contributed by atoms with Crippen LogP contribution in [0.4, 0.5) is 0 Å². The third-order valence-electron chi connectivity index (χ3n) is 4.73. The van der Waals surface area contributed by atoms with Gasteiger partial charge >= 0.3 is 0 Å². The van der Waals surface area contributed by atoms with E-state index in [1.807, 2.05) is 12.1 Å². The molecule has 0 bridgehead atoms. The van der Waals surface area contributed by atoms with E-state index < -0.39 is 22.0 Å². The van der Waals surface area contributed by atoms with Gasteiger partial charge < -0.3 is 4.42 Å². The highest BCUT2D eigenvalue weighted by Gasteiger charge is 2.36. The fourth-order valence-corrected chi connectivity index (χ4v) is 5.62. The van der Waals surface area contributed by atoms with Crippen LogP contribution in [-0.4, -0.2) is 42.9 Å². The summed E-state index contributed by atoms with van der Waals surface area (Å²) in [6, 6.07) is 13.4. The van der Waals surface area contributed by atoms with E-state index in [0.717, 1.165) is 21.2 Å². The van der Waals surface area contributed by atoms with E-state index in [1.165, 1.54) is 24.4 Å². The average Bonchev–Trinajstić information content (AvgIpc) is 3.49. The molecule has 1 aromatic carbocycles. The van der Waals surface area contributed by atoms with Crippen molar-refractivity contribution in [3.05, 3.63) is 76.5 Å². The lowest BCUT2D eigenvalue weighted by Crippen LogP contribution is -2.38. The second-order valence-corrected chi connectivity index (χ2v) is 10.4. The van der Waals surface area contributed by atoms with E-state index in [-0.39, 0.29) is 10.8 Å². The van der Waals surface area contributed by atoms with Crippen LogP contribution in [0.5, 0.6) is 0 Å². The van der Waals surface area contributed by atoms with Gasteiger partial charge in [0.05, 0.1) is 18.5 Å². The largest absolute Gasteiger partial charge is 0.467 e. The molecule has 10 heteroatoms. The lowest BCUT2D eigenvalue weighted by molar-refractivity contribution is -0.133. The van der Waals surface area contributed by atoms with Crippen LogP contribution in [0, 0.1) is 0 Å². The summed E-state index contributed by atoms with van der Waals surface area (Å²) in [5, 5.41) is 8.09. The molecular weight excluding hydrogens is 446 g/mol. The van der Waals surface area contributed by atoms with Crippen molar-refractivity contribution >= 4 is 44.6 Å². The second-order valence-electron chi connectivity index (χ2n) is 6.72. The molecule has 0 saturated carbocycles. The van der Waals surface area contributed by atoms with Crippen molar-refractivity contribution in [3.63, 3.8) is 0 Å². The molecule has 3 aromatic rings. The van der Waals surface area contributed by atoms with Crippen molar-refractivity contribution in [1.82, 2.24) is 9.31 Å². The Kier molecular flexibility index (Phi) is 5.79. The summed E-state index contributed by atoms with van der Waals surface area (Å²) >= 11 is 7.08. The highest BCUT2D eigenvalue weighted by molar-refractivity contribution is 7.91. The third-order valence-corrected chi connectivity index (χ3v) is 8.16. The van der Waals surface area contributed by atoms with Gasteiger partial charge in [-0.15, -0.1) is 11.3 Å². The number of furan rings is 1. The second kappa shape index (κ2) is 8.35. The Morgan fingerprint density at radius 3 is 2.67 bits per heavy atom. The summed E-state index contributed by atoms with van der Waals surface area (Å²) in [4.78, 5) is 13.1. The number of hydrazone groups is 1. The molecule has 7 nitrogen and oxygen atoms in total. The molecule has 0 unspecified atom stereocenters. The Morgan fingerprint density at radius 2 is 2.03 bits per heavy atom. The van der Waals surface area contributed by atoms with Crippen molar-refractivity contribution < 1.29 is 17.6 Å². The van der Waals surface area contributed by atoms with E-state index >= 15 is 0 Å². The lowest BCUT2D eigenvalue weighted by atomic mass is 10.0. The van der Waals surface area contributed by atoms with Crippen molar-refractivity contribution in [3.8, 4) is 0 Å². The van der Waals surface area contributed by atoms with Gasteiger partial charge in [0.1, 0.15) is 16.0 Å². The van der Waals surface area contributed by atoms with E-state index in [0.29, 0.717) is 22.9 Å². The highest BCUT2D eigenvalue weighted by Crippen LogP contribution is 2.33. The van der Waals surface area contributed by atoms with Gasteiger partial charge in [0.25, 0.3) is 15.9 Å². The average molecular weight is 464 g/mol. The minimum absolute atomic E-state index is 0.187. The zero-order chi connectivity index (χ0) is 21.3. The van der Waals surface area contributed by atoms with Gasteiger partial charge in [0.15, 0.2) is 0 Å². The van der Waals surface area contributed by atoms with Crippen molar-refractivity contribution in [2.24, 2.45) is 5.10 Å². The number of nitrogens with zero attached hydrogens (tertiary/aromatic N) is 3. The van der Waals surface area contributed by atoms with E-state index in [2.05, 4.69) is 5.10 Å². The number of hydrogen-bond acceptors (Lipinski definition) is 6. The Labute approximate surface area is 183 Å². The van der Waals surface area contributed by atoms with E-state index in [4.69, 9.17) is 16.0 Å². The zero-order valence-electron chi connectivity index (χ0n) is 15.9. The highest BCUT2D eigenvalue weighted by atomic mass is 35.5. The van der Waals surface area contributed by atoms with Crippen LogP contribution in [0.1, 0.15) is 23.8 Å². The van der Waals surface area contributed by atoms with Crippen molar-refractivity contribution in [2.45, 2.75) is 16.7 Å². The standard InChI is InChI=1S/C20H18ClN3O4S2/c1-23(30(26,27)20-5-3-11-29-20)13-19(25)24-17(18-4-2-10-28-18)12-16(22-24)14-6-8-15(21)9-7-14/h2-11,17H,12-13H2,1H3/t17-/m1/s1. The Bertz CT molecular complexity index is 1160. The fraction of sp³-hybridized carbons (Fsp3) is 0.200. The van der Waals surface area contributed by atoms with Crippen LogP contribution in [-0.2, 0) is 14.8 Å².